The topological polar surface area (TPSA) is 33.1 Å². The predicted molar refractivity (Wildman–Crippen MR) is 94.7 cm³/mol. The fourth-order valence-electron chi connectivity index (χ4n) is 3.95. The van der Waals surface area contributed by atoms with Crippen molar-refractivity contribution < 1.29 is 0 Å². The molecule has 4 nitrogen and oxygen atoms in total. The van der Waals surface area contributed by atoms with Gasteiger partial charge in [-0.1, -0.05) is 11.6 Å². The second kappa shape index (κ2) is 6.20. The van der Waals surface area contributed by atoms with Crippen LogP contribution < -0.4 is 5.32 Å². The molecule has 1 spiro atoms. The van der Waals surface area contributed by atoms with E-state index in [1.165, 1.54) is 24.1 Å². The lowest BCUT2D eigenvalue weighted by molar-refractivity contribution is 0.184. The van der Waals surface area contributed by atoms with E-state index in [2.05, 4.69) is 32.9 Å². The van der Waals surface area contributed by atoms with E-state index in [0.29, 0.717) is 11.5 Å². The van der Waals surface area contributed by atoms with Crippen LogP contribution >= 0.6 is 22.9 Å². The summed E-state index contributed by atoms with van der Waals surface area (Å²) in [6.45, 7) is 4.22. The normalized spacial score (nSPS) is 22.8. The molecule has 124 valence electrons. The van der Waals surface area contributed by atoms with E-state index in [1.807, 2.05) is 17.8 Å². The number of hydrogen-bond donors (Lipinski definition) is 1. The second-order valence-electron chi connectivity index (χ2n) is 6.92. The maximum atomic E-state index is 6.12. The van der Waals surface area contributed by atoms with E-state index >= 15 is 0 Å². The number of rotatable bonds is 5. The maximum Gasteiger partial charge on any atom is 0.122 e. The minimum absolute atomic E-state index is 0.539. The summed E-state index contributed by atoms with van der Waals surface area (Å²) in [5.41, 5.74) is 0.539. The number of aromatic nitrogens is 2. The number of hydrogen-bond acceptors (Lipinski definition) is 4. The first-order valence-corrected chi connectivity index (χ1v) is 9.56. The van der Waals surface area contributed by atoms with Crippen LogP contribution in [0.1, 0.15) is 30.0 Å². The van der Waals surface area contributed by atoms with Gasteiger partial charge >= 0.3 is 0 Å². The first-order chi connectivity index (χ1) is 11.2. The Kier molecular flexibility index (Phi) is 4.22. The summed E-state index contributed by atoms with van der Waals surface area (Å²) in [6, 6.07) is 2.79. The molecule has 2 aromatic rings. The van der Waals surface area contributed by atoms with Crippen LogP contribution in [-0.2, 0) is 20.1 Å². The molecule has 0 amide bonds. The monoisotopic (exact) mass is 350 g/mol. The SMILES string of the molecule is Cn1ccnc1CN(Cc1cc(Cl)cs1)C1CC12CCNCC2. The number of piperidine rings is 1. The number of imidazole rings is 1. The fraction of sp³-hybridized carbons (Fsp3) is 0.588. The van der Waals surface area contributed by atoms with E-state index < -0.39 is 0 Å². The molecule has 1 unspecified atom stereocenters. The van der Waals surface area contributed by atoms with E-state index in [0.717, 1.165) is 37.0 Å². The molecule has 2 aliphatic rings. The summed E-state index contributed by atoms with van der Waals surface area (Å²) >= 11 is 7.88. The number of nitrogens with one attached hydrogen (secondary N) is 1. The molecule has 1 saturated heterocycles. The number of thiophene rings is 1. The predicted octanol–water partition coefficient (Wildman–Crippen LogP) is 3.28. The summed E-state index contributed by atoms with van der Waals surface area (Å²) in [7, 11) is 2.08. The third-order valence-corrected chi connectivity index (χ3v) is 6.70. The minimum Gasteiger partial charge on any atom is -0.337 e. The highest BCUT2D eigenvalue weighted by Gasteiger charge is 2.56. The van der Waals surface area contributed by atoms with Gasteiger partial charge in [0.05, 0.1) is 11.6 Å². The Labute approximate surface area is 146 Å². The molecule has 3 heterocycles. The molecule has 1 saturated carbocycles. The standard InChI is InChI=1S/C17H23ClN4S/c1-21-7-6-20-16(21)11-22(10-14-8-13(18)12-23-14)15-9-17(15)2-4-19-5-3-17/h6-8,12,15,19H,2-5,9-11H2,1H3. The number of aryl methyl sites for hydroxylation is 1. The molecule has 0 bridgehead atoms. The zero-order valence-electron chi connectivity index (χ0n) is 13.5. The maximum absolute atomic E-state index is 6.12. The molecule has 1 aliphatic carbocycles. The van der Waals surface area contributed by atoms with Gasteiger partial charge in [-0.2, -0.15) is 0 Å². The van der Waals surface area contributed by atoms with Gasteiger partial charge in [-0.15, -0.1) is 11.3 Å². The molecule has 6 heteroatoms. The highest BCUT2D eigenvalue weighted by molar-refractivity contribution is 7.10. The number of nitrogens with zero attached hydrogens (tertiary/aromatic N) is 3. The van der Waals surface area contributed by atoms with Gasteiger partial charge in [-0.3, -0.25) is 4.90 Å². The Balaban J connectivity index is 1.53. The van der Waals surface area contributed by atoms with Gasteiger partial charge in [0, 0.05) is 42.3 Å². The van der Waals surface area contributed by atoms with Crippen molar-refractivity contribution >= 4 is 22.9 Å². The van der Waals surface area contributed by atoms with Crippen LogP contribution in [0.4, 0.5) is 0 Å². The van der Waals surface area contributed by atoms with E-state index in [9.17, 15) is 0 Å². The van der Waals surface area contributed by atoms with Crippen molar-refractivity contribution in [3.63, 3.8) is 0 Å². The van der Waals surface area contributed by atoms with Gasteiger partial charge in [0.2, 0.25) is 0 Å². The molecular formula is C17H23ClN4S. The smallest absolute Gasteiger partial charge is 0.122 e. The average Bonchev–Trinajstić information content (AvgIpc) is 2.85. The van der Waals surface area contributed by atoms with Gasteiger partial charge in [0.1, 0.15) is 5.82 Å². The fourth-order valence-corrected chi connectivity index (χ4v) is 5.05. The van der Waals surface area contributed by atoms with Crippen molar-refractivity contribution in [1.29, 1.82) is 0 Å². The molecule has 2 aromatic heterocycles. The van der Waals surface area contributed by atoms with Crippen LogP contribution in [0.5, 0.6) is 0 Å². The van der Waals surface area contributed by atoms with Crippen LogP contribution in [0.2, 0.25) is 5.02 Å². The van der Waals surface area contributed by atoms with E-state index in [1.54, 1.807) is 11.3 Å². The van der Waals surface area contributed by atoms with Crippen LogP contribution in [0.15, 0.2) is 23.8 Å². The van der Waals surface area contributed by atoms with Crippen molar-refractivity contribution in [3.05, 3.63) is 39.6 Å². The van der Waals surface area contributed by atoms with Gasteiger partial charge in [0.25, 0.3) is 0 Å². The lowest BCUT2D eigenvalue weighted by Gasteiger charge is -2.29. The Bertz CT molecular complexity index is 674. The molecular weight excluding hydrogens is 328 g/mol. The van der Waals surface area contributed by atoms with Crippen LogP contribution in [0, 0.1) is 5.41 Å². The van der Waals surface area contributed by atoms with Crippen molar-refractivity contribution in [1.82, 2.24) is 19.8 Å². The summed E-state index contributed by atoms with van der Waals surface area (Å²) in [5, 5.41) is 6.38. The van der Waals surface area contributed by atoms with Crippen molar-refractivity contribution in [3.8, 4) is 0 Å². The molecule has 1 N–H and O–H groups in total. The summed E-state index contributed by atoms with van der Waals surface area (Å²) in [5.74, 6) is 1.14. The first-order valence-electron chi connectivity index (χ1n) is 8.30. The van der Waals surface area contributed by atoms with Crippen molar-refractivity contribution in [2.45, 2.75) is 38.4 Å². The molecule has 1 aliphatic heterocycles. The third kappa shape index (κ3) is 3.20. The van der Waals surface area contributed by atoms with Crippen molar-refractivity contribution in [2.24, 2.45) is 12.5 Å². The zero-order chi connectivity index (χ0) is 15.9. The largest absolute Gasteiger partial charge is 0.337 e. The summed E-state index contributed by atoms with van der Waals surface area (Å²) in [4.78, 5) is 8.50. The van der Waals surface area contributed by atoms with Crippen molar-refractivity contribution in [2.75, 3.05) is 13.1 Å². The molecule has 0 aromatic carbocycles. The Morgan fingerprint density at radius 3 is 2.91 bits per heavy atom. The van der Waals surface area contributed by atoms with Gasteiger partial charge < -0.3 is 9.88 Å². The molecule has 23 heavy (non-hydrogen) atoms. The second-order valence-corrected chi connectivity index (χ2v) is 8.36. The molecule has 1 atom stereocenters. The number of halogens is 1. The van der Waals surface area contributed by atoms with E-state index in [4.69, 9.17) is 11.6 Å². The highest BCUT2D eigenvalue weighted by Crippen LogP contribution is 2.56. The quantitative estimate of drug-likeness (QED) is 0.898. The summed E-state index contributed by atoms with van der Waals surface area (Å²) < 4.78 is 2.13. The molecule has 4 rings (SSSR count). The Hall–Kier alpha value is -0.880. The minimum atomic E-state index is 0.539. The Morgan fingerprint density at radius 1 is 1.43 bits per heavy atom. The zero-order valence-corrected chi connectivity index (χ0v) is 15.0. The van der Waals surface area contributed by atoms with Gasteiger partial charge in [-0.25, -0.2) is 4.98 Å². The van der Waals surface area contributed by atoms with Crippen LogP contribution in [0.3, 0.4) is 0 Å². The van der Waals surface area contributed by atoms with Crippen LogP contribution in [-0.4, -0.2) is 33.6 Å². The van der Waals surface area contributed by atoms with Gasteiger partial charge in [0.15, 0.2) is 0 Å². The lowest BCUT2D eigenvalue weighted by Crippen LogP contribution is -2.36. The van der Waals surface area contributed by atoms with E-state index in [-0.39, 0.29) is 0 Å². The van der Waals surface area contributed by atoms with Gasteiger partial charge in [-0.05, 0) is 43.8 Å². The average molecular weight is 351 g/mol. The molecule has 0 radical (unpaired) electrons. The summed E-state index contributed by atoms with van der Waals surface area (Å²) in [6.07, 6.45) is 7.86. The van der Waals surface area contributed by atoms with Crippen LogP contribution in [0.25, 0.3) is 0 Å². The first kappa shape index (κ1) is 15.6. The lowest BCUT2D eigenvalue weighted by atomic mass is 9.93. The highest BCUT2D eigenvalue weighted by atomic mass is 35.5. The molecule has 2 fully saturated rings. The third-order valence-electron chi connectivity index (χ3n) is 5.43. The Morgan fingerprint density at radius 2 is 2.26 bits per heavy atom.